The molecule has 0 fully saturated rings. The number of hydrogen-bond acceptors (Lipinski definition) is 6. The Hall–Kier alpha value is -4.19. The van der Waals surface area contributed by atoms with Crippen LogP contribution in [0.4, 0.5) is 0 Å². The second kappa shape index (κ2) is 60.4. The zero-order chi connectivity index (χ0) is 52.9. The Morgan fingerprint density at radius 2 is 0.534 bits per heavy atom. The molecular formula is C67H110O6. The molecule has 0 spiro atoms. The SMILES string of the molecule is CCCCC/C=C\C/C=C\C/C=C\C/C=C\C/C=C\CCC(=O)O[C@@H](COC(=O)CCC/C=C\C/C=C\C/C=C\CCCCCCCC)COC(=O)CCCCCCCCCCC/C=C\C/C=C\CCCCC. The van der Waals surface area contributed by atoms with Crippen molar-refractivity contribution in [2.75, 3.05) is 13.2 Å². The van der Waals surface area contributed by atoms with Crippen molar-refractivity contribution in [3.05, 3.63) is 122 Å². The summed E-state index contributed by atoms with van der Waals surface area (Å²) in [7, 11) is 0. The molecule has 0 aliphatic heterocycles. The van der Waals surface area contributed by atoms with Gasteiger partial charge in [0.25, 0.3) is 0 Å². The maximum atomic E-state index is 12.8. The fourth-order valence-corrected chi connectivity index (χ4v) is 7.88. The van der Waals surface area contributed by atoms with E-state index in [4.69, 9.17) is 14.2 Å². The summed E-state index contributed by atoms with van der Waals surface area (Å²) in [5.74, 6) is -1.07. The molecule has 0 N–H and O–H groups in total. The molecule has 0 bridgehead atoms. The van der Waals surface area contributed by atoms with E-state index in [0.29, 0.717) is 19.3 Å². The highest BCUT2D eigenvalue weighted by atomic mass is 16.6. The van der Waals surface area contributed by atoms with E-state index in [1.54, 1.807) is 0 Å². The van der Waals surface area contributed by atoms with Gasteiger partial charge in [-0.05, 0) is 122 Å². The molecule has 73 heavy (non-hydrogen) atoms. The lowest BCUT2D eigenvalue weighted by Crippen LogP contribution is -2.30. The van der Waals surface area contributed by atoms with Crippen LogP contribution in [0.2, 0.25) is 0 Å². The fraction of sp³-hybridized carbons (Fsp3) is 0.657. The van der Waals surface area contributed by atoms with Crippen LogP contribution in [0.15, 0.2) is 122 Å². The molecule has 0 aromatic rings. The Kier molecular flexibility index (Phi) is 56.9. The molecular weight excluding hydrogens is 901 g/mol. The van der Waals surface area contributed by atoms with Crippen LogP contribution in [0.3, 0.4) is 0 Å². The molecule has 1 atom stereocenters. The van der Waals surface area contributed by atoms with Crippen molar-refractivity contribution in [3.8, 4) is 0 Å². The molecule has 0 heterocycles. The Morgan fingerprint density at radius 3 is 0.904 bits per heavy atom. The third-order valence-corrected chi connectivity index (χ3v) is 12.4. The van der Waals surface area contributed by atoms with Gasteiger partial charge in [-0.3, -0.25) is 14.4 Å². The number of allylic oxidation sites excluding steroid dienone is 20. The van der Waals surface area contributed by atoms with E-state index in [1.807, 2.05) is 12.2 Å². The van der Waals surface area contributed by atoms with Gasteiger partial charge in [0.1, 0.15) is 13.2 Å². The van der Waals surface area contributed by atoms with Crippen molar-refractivity contribution in [2.45, 2.75) is 271 Å². The number of esters is 3. The molecule has 0 rings (SSSR count). The lowest BCUT2D eigenvalue weighted by atomic mass is 10.1. The lowest BCUT2D eigenvalue weighted by Gasteiger charge is -2.18. The normalized spacial score (nSPS) is 13.0. The predicted molar refractivity (Wildman–Crippen MR) is 316 cm³/mol. The van der Waals surface area contributed by atoms with Gasteiger partial charge in [0.05, 0.1) is 0 Å². The van der Waals surface area contributed by atoms with E-state index in [9.17, 15) is 14.4 Å². The number of ether oxygens (including phenoxy) is 3. The topological polar surface area (TPSA) is 78.9 Å². The summed E-state index contributed by atoms with van der Waals surface area (Å²) < 4.78 is 16.8. The Labute approximate surface area is 450 Å². The molecule has 0 aromatic heterocycles. The van der Waals surface area contributed by atoms with Crippen molar-refractivity contribution in [2.24, 2.45) is 0 Å². The van der Waals surface area contributed by atoms with E-state index in [-0.39, 0.29) is 38.0 Å². The Balaban J connectivity index is 4.58. The minimum Gasteiger partial charge on any atom is -0.462 e. The quantitative estimate of drug-likeness (QED) is 0.0261. The third kappa shape index (κ3) is 58.6. The molecule has 0 amide bonds. The van der Waals surface area contributed by atoms with Gasteiger partial charge in [0, 0.05) is 19.3 Å². The van der Waals surface area contributed by atoms with Crippen LogP contribution < -0.4 is 0 Å². The zero-order valence-corrected chi connectivity index (χ0v) is 47.4. The second-order valence-electron chi connectivity index (χ2n) is 19.5. The monoisotopic (exact) mass is 1010 g/mol. The summed E-state index contributed by atoms with van der Waals surface area (Å²) in [5, 5.41) is 0. The van der Waals surface area contributed by atoms with Crippen molar-refractivity contribution in [1.82, 2.24) is 0 Å². The van der Waals surface area contributed by atoms with Gasteiger partial charge >= 0.3 is 17.9 Å². The molecule has 0 saturated heterocycles. The number of hydrogen-bond donors (Lipinski definition) is 0. The van der Waals surface area contributed by atoms with E-state index < -0.39 is 12.1 Å². The highest BCUT2D eigenvalue weighted by Gasteiger charge is 2.19. The first-order valence-corrected chi connectivity index (χ1v) is 30.0. The highest BCUT2D eigenvalue weighted by Crippen LogP contribution is 2.14. The standard InChI is InChI=1S/C67H110O6/c1-4-7-10-13-16-19-22-25-28-31-33-36-39-42-45-48-51-54-57-60-66(69)72-63-64(62-71-65(68)59-56-53-50-47-44-41-38-35-30-27-24-21-18-15-12-9-6-3)73-67(70)61-58-55-52-49-46-43-40-37-34-32-29-26-23-20-17-14-11-8-5-2/h16-17,19-20,25-30,34,37-38,41,43,46-47,50,52,55,64H,4-15,18,21-24,31-33,35-36,39-40,42,44-45,48-49,51,53-54,56-63H2,1-3H3/b19-16-,20-17-,28-25-,29-26-,30-27-,37-34-,41-38-,46-43-,50-47-,55-52-/t64-/m0/s1. The number of unbranched alkanes of at least 4 members (excludes halogenated alkanes) is 22. The van der Waals surface area contributed by atoms with Gasteiger partial charge in [0.2, 0.25) is 0 Å². The summed E-state index contributed by atoms with van der Waals surface area (Å²) in [6.07, 6.45) is 83.5. The van der Waals surface area contributed by atoms with Crippen LogP contribution in [0, 0.1) is 0 Å². The number of carbonyl (C=O) groups is 3. The summed E-state index contributed by atoms with van der Waals surface area (Å²) >= 11 is 0. The summed E-state index contributed by atoms with van der Waals surface area (Å²) in [6, 6.07) is 0. The molecule has 414 valence electrons. The smallest absolute Gasteiger partial charge is 0.306 e. The minimum absolute atomic E-state index is 0.128. The Bertz CT molecular complexity index is 1540. The van der Waals surface area contributed by atoms with Gasteiger partial charge < -0.3 is 14.2 Å². The van der Waals surface area contributed by atoms with Crippen molar-refractivity contribution >= 4 is 17.9 Å². The van der Waals surface area contributed by atoms with E-state index in [0.717, 1.165) is 70.6 Å². The molecule has 0 radical (unpaired) electrons. The highest BCUT2D eigenvalue weighted by molar-refractivity contribution is 5.71. The minimum atomic E-state index is -0.844. The van der Waals surface area contributed by atoms with Crippen LogP contribution >= 0.6 is 0 Å². The van der Waals surface area contributed by atoms with Gasteiger partial charge in [-0.15, -0.1) is 0 Å². The largest absolute Gasteiger partial charge is 0.462 e. The van der Waals surface area contributed by atoms with Crippen molar-refractivity contribution in [1.29, 1.82) is 0 Å². The van der Waals surface area contributed by atoms with Crippen LogP contribution in [0.25, 0.3) is 0 Å². The maximum absolute atomic E-state index is 12.8. The number of rotatable bonds is 53. The first kappa shape index (κ1) is 68.8. The molecule has 6 nitrogen and oxygen atoms in total. The fourth-order valence-electron chi connectivity index (χ4n) is 7.88. The van der Waals surface area contributed by atoms with Crippen LogP contribution in [-0.2, 0) is 28.6 Å². The first-order chi connectivity index (χ1) is 36.0. The molecule has 0 aliphatic rings. The van der Waals surface area contributed by atoms with Crippen molar-refractivity contribution < 1.29 is 28.6 Å². The lowest BCUT2D eigenvalue weighted by molar-refractivity contribution is -0.166. The summed E-state index contributed by atoms with van der Waals surface area (Å²) in [6.45, 7) is 6.48. The Morgan fingerprint density at radius 1 is 0.274 bits per heavy atom. The van der Waals surface area contributed by atoms with Crippen LogP contribution in [-0.4, -0.2) is 37.2 Å². The van der Waals surface area contributed by atoms with Gasteiger partial charge in [-0.1, -0.05) is 245 Å². The van der Waals surface area contributed by atoms with Crippen LogP contribution in [0.1, 0.15) is 265 Å². The first-order valence-electron chi connectivity index (χ1n) is 30.0. The van der Waals surface area contributed by atoms with Gasteiger partial charge in [-0.2, -0.15) is 0 Å². The maximum Gasteiger partial charge on any atom is 0.306 e. The molecule has 0 unspecified atom stereocenters. The molecule has 0 saturated carbocycles. The molecule has 6 heteroatoms. The van der Waals surface area contributed by atoms with E-state index >= 15 is 0 Å². The average molecular weight is 1010 g/mol. The van der Waals surface area contributed by atoms with E-state index in [1.165, 1.54) is 141 Å². The van der Waals surface area contributed by atoms with Crippen LogP contribution in [0.5, 0.6) is 0 Å². The third-order valence-electron chi connectivity index (χ3n) is 12.4. The summed E-state index contributed by atoms with van der Waals surface area (Å²) in [5.41, 5.74) is 0. The zero-order valence-electron chi connectivity index (χ0n) is 47.4. The van der Waals surface area contributed by atoms with Gasteiger partial charge in [0.15, 0.2) is 6.10 Å². The van der Waals surface area contributed by atoms with Gasteiger partial charge in [-0.25, -0.2) is 0 Å². The molecule has 0 aromatic carbocycles. The average Bonchev–Trinajstić information content (AvgIpc) is 3.39. The van der Waals surface area contributed by atoms with Crippen molar-refractivity contribution in [3.63, 3.8) is 0 Å². The molecule has 0 aliphatic carbocycles. The number of carbonyl (C=O) groups excluding carboxylic acids is 3. The predicted octanol–water partition coefficient (Wildman–Crippen LogP) is 20.4. The summed E-state index contributed by atoms with van der Waals surface area (Å²) in [4.78, 5) is 38.2. The van der Waals surface area contributed by atoms with E-state index in [2.05, 4.69) is 130 Å². The second-order valence-corrected chi connectivity index (χ2v) is 19.5.